The minimum atomic E-state index is 1.06. The normalized spacial score (nSPS) is 13.3. The van der Waals surface area contributed by atoms with Crippen molar-refractivity contribution in [2.24, 2.45) is 0 Å². The summed E-state index contributed by atoms with van der Waals surface area (Å²) in [6.07, 6.45) is 8.85. The molecule has 1 aliphatic carbocycles. The van der Waals surface area contributed by atoms with E-state index in [1.807, 2.05) is 0 Å². The number of aromatic nitrogens is 2. The third-order valence-corrected chi connectivity index (χ3v) is 9.19. The largest absolute Gasteiger partial charge is 0.313 e. The molecule has 0 bridgehead atoms. The quantitative estimate of drug-likeness (QED) is 0.202. The van der Waals surface area contributed by atoms with Crippen LogP contribution in [0.4, 0.5) is 0 Å². The van der Waals surface area contributed by atoms with Crippen molar-refractivity contribution in [1.82, 2.24) is 9.13 Å². The van der Waals surface area contributed by atoms with Crippen molar-refractivity contribution < 1.29 is 0 Å². The highest BCUT2D eigenvalue weighted by atomic mass is 15.0. The summed E-state index contributed by atoms with van der Waals surface area (Å²) >= 11 is 0. The first-order valence-electron chi connectivity index (χ1n) is 15.4. The summed E-state index contributed by atoms with van der Waals surface area (Å²) in [5.41, 5.74) is 12.5. The van der Waals surface area contributed by atoms with Crippen LogP contribution in [0.3, 0.4) is 0 Å². The Balaban J connectivity index is 1.12. The van der Waals surface area contributed by atoms with Gasteiger partial charge in [0, 0.05) is 32.9 Å². The van der Waals surface area contributed by atoms with Crippen LogP contribution in [0.5, 0.6) is 0 Å². The van der Waals surface area contributed by atoms with Gasteiger partial charge in [0.1, 0.15) is 0 Å². The van der Waals surface area contributed by atoms with E-state index in [0.29, 0.717) is 0 Å². The molecule has 0 amide bonds. The number of rotatable bonds is 4. The van der Waals surface area contributed by atoms with E-state index in [2.05, 4.69) is 167 Å². The highest BCUT2D eigenvalue weighted by molar-refractivity contribution is 6.12. The fourth-order valence-corrected chi connectivity index (χ4v) is 7.10. The zero-order chi connectivity index (χ0) is 29.0. The van der Waals surface area contributed by atoms with Crippen LogP contribution in [0.1, 0.15) is 12.8 Å². The summed E-state index contributed by atoms with van der Waals surface area (Å²) in [6, 6.07) is 51.0. The lowest BCUT2D eigenvalue weighted by Crippen LogP contribution is -1.98. The minimum absolute atomic E-state index is 1.06. The lowest BCUT2D eigenvalue weighted by Gasteiger charge is -2.14. The summed E-state index contributed by atoms with van der Waals surface area (Å²) in [7, 11) is 0. The summed E-state index contributed by atoms with van der Waals surface area (Å²) in [5, 5.41) is 5.16. The van der Waals surface area contributed by atoms with Crippen LogP contribution in [-0.2, 0) is 0 Å². The van der Waals surface area contributed by atoms with Gasteiger partial charge in [0.15, 0.2) is 0 Å². The number of fused-ring (bicyclic) bond motifs is 6. The Kier molecular flexibility index (Phi) is 5.67. The molecule has 0 atom stereocenters. The van der Waals surface area contributed by atoms with E-state index in [4.69, 9.17) is 0 Å². The third-order valence-electron chi connectivity index (χ3n) is 9.19. The topological polar surface area (TPSA) is 9.86 Å². The van der Waals surface area contributed by atoms with E-state index in [1.54, 1.807) is 0 Å². The molecule has 2 heteroatoms. The van der Waals surface area contributed by atoms with Crippen molar-refractivity contribution in [2.75, 3.05) is 0 Å². The molecule has 2 heterocycles. The Morgan fingerprint density at radius 3 is 1.50 bits per heavy atom. The monoisotopic (exact) mass is 562 g/mol. The molecular formula is C42H30N2. The van der Waals surface area contributed by atoms with Crippen molar-refractivity contribution in [2.45, 2.75) is 12.8 Å². The molecule has 0 spiro atoms. The van der Waals surface area contributed by atoms with Crippen molar-refractivity contribution in [1.29, 1.82) is 0 Å². The van der Waals surface area contributed by atoms with Crippen LogP contribution in [0.15, 0.2) is 158 Å². The number of nitrogens with zero attached hydrogens (tertiary/aromatic N) is 2. The van der Waals surface area contributed by atoms with Gasteiger partial charge in [-0.15, -0.1) is 0 Å². The highest BCUT2D eigenvalue weighted by Gasteiger charge is 2.16. The van der Waals surface area contributed by atoms with Gasteiger partial charge in [-0.25, -0.2) is 0 Å². The van der Waals surface area contributed by atoms with Crippen molar-refractivity contribution in [3.8, 4) is 27.9 Å². The maximum absolute atomic E-state index is 2.45. The van der Waals surface area contributed by atoms with Crippen molar-refractivity contribution in [3.05, 3.63) is 158 Å². The second kappa shape index (κ2) is 10.00. The molecule has 6 aromatic carbocycles. The lowest BCUT2D eigenvalue weighted by molar-refractivity contribution is 0.979. The Morgan fingerprint density at radius 2 is 0.909 bits per heavy atom. The van der Waals surface area contributed by atoms with Crippen LogP contribution < -0.4 is 0 Å². The van der Waals surface area contributed by atoms with E-state index in [-0.39, 0.29) is 0 Å². The second-order valence-electron chi connectivity index (χ2n) is 11.7. The number of para-hydroxylation sites is 3. The SMILES string of the molecule is C1=CCCC(n2c3ccccc3c3cc(-c4ccc(-c5ccc6c(c5)c5ccccc5n6-c5ccccc5)cc4)ccc32)=C1. The zero-order valence-electron chi connectivity index (χ0n) is 24.3. The minimum Gasteiger partial charge on any atom is -0.313 e. The molecule has 0 N–H and O–H groups in total. The number of hydrogen-bond acceptors (Lipinski definition) is 0. The average molecular weight is 563 g/mol. The van der Waals surface area contributed by atoms with Gasteiger partial charge in [-0.05, 0) is 89.7 Å². The predicted molar refractivity (Wildman–Crippen MR) is 187 cm³/mol. The van der Waals surface area contributed by atoms with E-state index >= 15 is 0 Å². The van der Waals surface area contributed by atoms with Gasteiger partial charge in [0.05, 0.1) is 22.1 Å². The molecule has 0 saturated heterocycles. The second-order valence-corrected chi connectivity index (χ2v) is 11.7. The molecule has 0 saturated carbocycles. The fraction of sp³-hybridized carbons (Fsp3) is 0.0476. The summed E-state index contributed by atoms with van der Waals surface area (Å²) in [5.74, 6) is 0. The van der Waals surface area contributed by atoms with Gasteiger partial charge in [-0.1, -0.05) is 103 Å². The van der Waals surface area contributed by atoms with Crippen LogP contribution >= 0.6 is 0 Å². The first kappa shape index (κ1) is 24.9. The lowest BCUT2D eigenvalue weighted by atomic mass is 9.98. The maximum Gasteiger partial charge on any atom is 0.0541 e. The maximum atomic E-state index is 2.45. The zero-order valence-corrected chi connectivity index (χ0v) is 24.3. The Morgan fingerprint density at radius 1 is 0.409 bits per heavy atom. The van der Waals surface area contributed by atoms with Gasteiger partial charge in [0.25, 0.3) is 0 Å². The smallest absolute Gasteiger partial charge is 0.0541 e. The van der Waals surface area contributed by atoms with Gasteiger partial charge >= 0.3 is 0 Å². The third kappa shape index (κ3) is 3.88. The number of allylic oxidation sites excluding steroid dienone is 4. The van der Waals surface area contributed by atoms with E-state index in [0.717, 1.165) is 12.8 Å². The molecule has 1 aliphatic rings. The van der Waals surface area contributed by atoms with Gasteiger partial charge in [-0.3, -0.25) is 0 Å². The van der Waals surface area contributed by atoms with Crippen molar-refractivity contribution >= 4 is 49.3 Å². The summed E-state index contributed by atoms with van der Waals surface area (Å²) in [4.78, 5) is 0. The molecule has 0 radical (unpaired) electrons. The highest BCUT2D eigenvalue weighted by Crippen LogP contribution is 2.38. The van der Waals surface area contributed by atoms with E-state index < -0.39 is 0 Å². The van der Waals surface area contributed by atoms with Crippen LogP contribution in [0, 0.1) is 0 Å². The Labute approximate surface area is 256 Å². The Hall–Kier alpha value is -5.60. The van der Waals surface area contributed by atoms with Crippen LogP contribution in [0.2, 0.25) is 0 Å². The molecule has 8 aromatic rings. The molecule has 44 heavy (non-hydrogen) atoms. The summed E-state index contributed by atoms with van der Waals surface area (Å²) < 4.78 is 4.82. The standard InChI is InChI=1S/C42H30N2/c1-3-11-33(12-4-1)43-39-17-9-7-15-35(39)37-27-31(23-25-41(37)43)29-19-21-30(22-20-29)32-24-26-42-38(28-32)36-16-8-10-18-40(36)44(42)34-13-5-2-6-14-34/h1-5,7-13,15-28H,6,14H2. The molecular weight excluding hydrogens is 532 g/mol. The predicted octanol–water partition coefficient (Wildman–Crippen LogP) is 11.4. The van der Waals surface area contributed by atoms with Crippen LogP contribution in [0.25, 0.3) is 77.2 Å². The fourth-order valence-electron chi connectivity index (χ4n) is 7.10. The van der Waals surface area contributed by atoms with Gasteiger partial charge in [0.2, 0.25) is 0 Å². The number of benzene rings is 6. The van der Waals surface area contributed by atoms with E-state index in [1.165, 1.54) is 77.2 Å². The molecule has 2 nitrogen and oxygen atoms in total. The molecule has 208 valence electrons. The van der Waals surface area contributed by atoms with Gasteiger partial charge in [-0.2, -0.15) is 0 Å². The molecule has 0 aliphatic heterocycles. The molecule has 9 rings (SSSR count). The molecule has 2 aromatic heterocycles. The van der Waals surface area contributed by atoms with Gasteiger partial charge < -0.3 is 9.13 Å². The number of hydrogen-bond donors (Lipinski definition) is 0. The molecule has 0 fully saturated rings. The van der Waals surface area contributed by atoms with Crippen molar-refractivity contribution in [3.63, 3.8) is 0 Å². The Bertz CT molecular complexity index is 2410. The first-order valence-corrected chi connectivity index (χ1v) is 15.4. The van der Waals surface area contributed by atoms with Crippen LogP contribution in [-0.4, -0.2) is 9.13 Å². The average Bonchev–Trinajstić information content (AvgIpc) is 3.61. The first-order chi connectivity index (χ1) is 21.8. The summed E-state index contributed by atoms with van der Waals surface area (Å²) in [6.45, 7) is 0. The molecule has 0 unspecified atom stereocenters. The van der Waals surface area contributed by atoms with E-state index in [9.17, 15) is 0 Å².